The van der Waals surface area contributed by atoms with Crippen LogP contribution in [-0.2, 0) is 34.0 Å². The summed E-state index contributed by atoms with van der Waals surface area (Å²) >= 11 is 2.21. The quantitative estimate of drug-likeness (QED) is 0.0531. The number of esters is 1. The molecular formula is C23H25N7O10S3. The number of hydrogen-bond acceptors (Lipinski definition) is 15. The Morgan fingerprint density at radius 3 is 2.65 bits per heavy atom. The molecular weight excluding hydrogens is 630 g/mol. The van der Waals surface area contributed by atoms with Crippen molar-refractivity contribution in [2.45, 2.75) is 11.4 Å². The van der Waals surface area contributed by atoms with Crippen LogP contribution in [0.4, 0.5) is 10.8 Å². The number of aromatic hydroxyl groups is 1. The summed E-state index contributed by atoms with van der Waals surface area (Å²) < 4.78 is 31.1. The Morgan fingerprint density at radius 1 is 1.30 bits per heavy atom. The molecule has 2 aromatic rings. The van der Waals surface area contributed by atoms with Crippen LogP contribution in [0.3, 0.4) is 0 Å². The third-order valence-electron chi connectivity index (χ3n) is 5.96. The molecule has 1 aromatic carbocycles. The number of anilines is 2. The number of rotatable bonds is 12. The minimum Gasteiger partial charge on any atom is -0.506 e. The molecule has 17 nitrogen and oxygen atoms in total. The van der Waals surface area contributed by atoms with E-state index in [2.05, 4.69) is 20.2 Å². The molecule has 20 heteroatoms. The Labute approximate surface area is 251 Å². The number of fused-ring (bicyclic) bond motifs is 1. The summed E-state index contributed by atoms with van der Waals surface area (Å²) in [6.45, 7) is -0.637. The molecule has 230 valence electrons. The maximum absolute atomic E-state index is 13.0. The number of thiazole rings is 1. The molecule has 2 amide bonds. The van der Waals surface area contributed by atoms with Crippen LogP contribution in [0, 0.1) is 0 Å². The van der Waals surface area contributed by atoms with E-state index in [0.29, 0.717) is 0 Å². The summed E-state index contributed by atoms with van der Waals surface area (Å²) in [6, 6.07) is 2.25. The van der Waals surface area contributed by atoms with Gasteiger partial charge >= 0.3 is 11.9 Å². The second-order valence-electron chi connectivity index (χ2n) is 8.83. The van der Waals surface area contributed by atoms with Crippen LogP contribution in [0.2, 0.25) is 0 Å². The Balaban J connectivity index is 1.44. The zero-order chi connectivity index (χ0) is 31.5. The number of sulfonamides is 1. The average molecular weight is 656 g/mol. The SMILES string of the molecule is CON=C(C(=O)NC1C(=O)N2C(C(=O)O)=C(COC(=O)c3ccc(NS(=O)(=O)CCN)c(O)c3)CS[C@H]12)c1csc(N)n1. The number of benzene rings is 1. The van der Waals surface area contributed by atoms with Gasteiger partial charge in [0.05, 0.1) is 17.0 Å². The highest BCUT2D eigenvalue weighted by atomic mass is 32.2. The number of amides is 2. The first-order valence-corrected chi connectivity index (χ1v) is 15.7. The van der Waals surface area contributed by atoms with Gasteiger partial charge in [0, 0.05) is 23.3 Å². The average Bonchev–Trinajstić information content (AvgIpc) is 3.38. The number of carboxylic acid groups (broad SMARTS) is 1. The Bertz CT molecular complexity index is 1640. The number of β-lactam (4-membered cyclic amide) rings is 1. The number of carboxylic acids is 1. The van der Waals surface area contributed by atoms with Crippen molar-refractivity contribution in [2.24, 2.45) is 10.9 Å². The molecule has 2 aliphatic heterocycles. The highest BCUT2D eigenvalue weighted by Gasteiger charge is 2.54. The molecule has 1 unspecified atom stereocenters. The fraction of sp³-hybridized carbons (Fsp3) is 0.304. The number of nitrogens with zero attached hydrogens (tertiary/aromatic N) is 3. The van der Waals surface area contributed by atoms with Gasteiger partial charge in [-0.25, -0.2) is 23.0 Å². The number of carbonyl (C=O) groups is 4. The largest absolute Gasteiger partial charge is 0.506 e. The number of ether oxygens (including phenoxy) is 1. The van der Waals surface area contributed by atoms with Gasteiger partial charge in [-0.05, 0) is 18.2 Å². The molecule has 0 bridgehead atoms. The van der Waals surface area contributed by atoms with Crippen molar-refractivity contribution in [3.05, 3.63) is 46.1 Å². The van der Waals surface area contributed by atoms with Gasteiger partial charge in [0.2, 0.25) is 10.0 Å². The minimum atomic E-state index is -3.81. The number of hydrogen-bond donors (Lipinski definition) is 6. The standard InChI is InChI=1S/C23H25N7O10S3/c1-39-28-15(13-9-42-23(25)26-13)18(32)27-16-19(33)30-17(21(34)35)11(8-41-20(16)30)7-40-22(36)10-2-3-12(14(31)6-10)29-43(37,38)5-4-24/h2-3,6,9,16,20,29,31H,4-5,7-8,24H2,1H3,(H2,25,26)(H,27,32)(H,34,35)/t16?,20-/m1/s1. The maximum atomic E-state index is 13.0. The molecule has 1 fully saturated rings. The zero-order valence-corrected chi connectivity index (χ0v) is 24.6. The van der Waals surface area contributed by atoms with Gasteiger partial charge in [0.15, 0.2) is 10.8 Å². The third kappa shape index (κ3) is 6.82. The van der Waals surface area contributed by atoms with E-state index in [9.17, 15) is 37.8 Å². The van der Waals surface area contributed by atoms with E-state index >= 15 is 0 Å². The van der Waals surface area contributed by atoms with Crippen molar-refractivity contribution in [2.75, 3.05) is 42.2 Å². The van der Waals surface area contributed by atoms with E-state index in [1.807, 2.05) is 0 Å². The summed E-state index contributed by atoms with van der Waals surface area (Å²) in [7, 11) is -2.58. The predicted molar refractivity (Wildman–Crippen MR) is 155 cm³/mol. The van der Waals surface area contributed by atoms with Gasteiger partial charge in [-0.3, -0.25) is 19.2 Å². The number of phenols is 1. The minimum absolute atomic E-state index is 0.0461. The van der Waals surface area contributed by atoms with E-state index < -0.39 is 63.2 Å². The lowest BCUT2D eigenvalue weighted by Gasteiger charge is -2.49. The Kier molecular flexibility index (Phi) is 9.43. The molecule has 1 saturated heterocycles. The number of nitrogens with two attached hydrogens (primary N) is 2. The number of nitrogen functional groups attached to an aromatic ring is 1. The van der Waals surface area contributed by atoms with Crippen LogP contribution in [0.15, 0.2) is 40.0 Å². The third-order valence-corrected chi connectivity index (χ3v) is 9.28. The molecule has 2 aliphatic rings. The molecule has 0 aliphatic carbocycles. The molecule has 2 atom stereocenters. The van der Waals surface area contributed by atoms with Crippen molar-refractivity contribution < 1.29 is 47.4 Å². The lowest BCUT2D eigenvalue weighted by atomic mass is 10.0. The number of aliphatic carboxylic acids is 1. The normalized spacial score (nSPS) is 18.4. The molecule has 4 rings (SSSR count). The molecule has 0 saturated carbocycles. The fourth-order valence-corrected chi connectivity index (χ4v) is 6.85. The van der Waals surface area contributed by atoms with Crippen molar-refractivity contribution in [3.8, 4) is 5.75 Å². The Hall–Kier alpha value is -4.40. The van der Waals surface area contributed by atoms with Gasteiger partial charge in [-0.2, -0.15) is 0 Å². The van der Waals surface area contributed by atoms with E-state index in [1.165, 1.54) is 18.6 Å². The number of thioether (sulfide) groups is 1. The van der Waals surface area contributed by atoms with Crippen LogP contribution in [0.1, 0.15) is 16.1 Å². The zero-order valence-electron chi connectivity index (χ0n) is 22.2. The van der Waals surface area contributed by atoms with E-state index in [0.717, 1.165) is 40.1 Å². The first-order valence-electron chi connectivity index (χ1n) is 12.1. The predicted octanol–water partition coefficient (Wildman–Crippen LogP) is -0.923. The van der Waals surface area contributed by atoms with E-state index in [4.69, 9.17) is 21.0 Å². The van der Waals surface area contributed by atoms with Crippen molar-refractivity contribution in [1.29, 1.82) is 0 Å². The van der Waals surface area contributed by atoms with Gasteiger partial charge in [0.25, 0.3) is 11.8 Å². The highest BCUT2D eigenvalue weighted by Crippen LogP contribution is 2.40. The number of nitrogens with one attached hydrogen (secondary N) is 2. The van der Waals surface area contributed by atoms with Gasteiger partial charge in [-0.15, -0.1) is 23.1 Å². The van der Waals surface area contributed by atoms with Crippen molar-refractivity contribution in [1.82, 2.24) is 15.2 Å². The van der Waals surface area contributed by atoms with Crippen molar-refractivity contribution >= 4 is 73.4 Å². The van der Waals surface area contributed by atoms with Gasteiger partial charge in [-0.1, -0.05) is 5.16 Å². The van der Waals surface area contributed by atoms with Gasteiger partial charge < -0.3 is 36.6 Å². The summed E-state index contributed by atoms with van der Waals surface area (Å²) in [5, 5.41) is 27.1. The maximum Gasteiger partial charge on any atom is 0.352 e. The monoisotopic (exact) mass is 655 g/mol. The second kappa shape index (κ2) is 12.9. The number of carbonyl (C=O) groups excluding carboxylic acids is 3. The van der Waals surface area contributed by atoms with Crippen molar-refractivity contribution in [3.63, 3.8) is 0 Å². The second-order valence-corrected chi connectivity index (χ2v) is 12.7. The van der Waals surface area contributed by atoms with Crippen LogP contribution < -0.4 is 21.5 Å². The first-order chi connectivity index (χ1) is 20.4. The molecule has 1 aromatic heterocycles. The Morgan fingerprint density at radius 2 is 2.05 bits per heavy atom. The molecule has 43 heavy (non-hydrogen) atoms. The van der Waals surface area contributed by atoms with Crippen LogP contribution in [-0.4, -0.2) is 101 Å². The molecule has 8 N–H and O–H groups in total. The highest BCUT2D eigenvalue weighted by molar-refractivity contribution is 8.00. The summed E-state index contributed by atoms with van der Waals surface area (Å²) in [6.07, 6.45) is 0. The van der Waals surface area contributed by atoms with Crippen LogP contribution in [0.25, 0.3) is 0 Å². The summed E-state index contributed by atoms with van der Waals surface area (Å²) in [4.78, 5) is 60.3. The molecule has 3 heterocycles. The van der Waals surface area contributed by atoms with Crippen LogP contribution in [0.5, 0.6) is 5.75 Å². The van der Waals surface area contributed by atoms with E-state index in [-0.39, 0.29) is 51.4 Å². The summed E-state index contributed by atoms with van der Waals surface area (Å²) in [5.41, 5.74) is 10.2. The lowest BCUT2D eigenvalue weighted by molar-refractivity contribution is -0.150. The number of oxime groups is 1. The fourth-order valence-electron chi connectivity index (χ4n) is 4.05. The number of phenolic OH excluding ortho intramolecular Hbond substituents is 1. The van der Waals surface area contributed by atoms with Gasteiger partial charge in [0.1, 0.15) is 42.3 Å². The van der Waals surface area contributed by atoms with E-state index in [1.54, 1.807) is 0 Å². The topological polar surface area (TPSA) is 266 Å². The molecule has 0 spiro atoms. The smallest absolute Gasteiger partial charge is 0.352 e. The van der Waals surface area contributed by atoms with Crippen LogP contribution >= 0.6 is 23.1 Å². The number of aromatic nitrogens is 1. The summed E-state index contributed by atoms with van der Waals surface area (Å²) in [5.74, 6) is -4.76. The lowest BCUT2D eigenvalue weighted by Crippen LogP contribution is -2.71. The first kappa shape index (κ1) is 31.5. The molecule has 0 radical (unpaired) electrons.